The highest BCUT2D eigenvalue weighted by Crippen LogP contribution is 2.32. The minimum Gasteiger partial charge on any atom is -0.370 e. The molecular weight excluding hydrogens is 357 g/mol. The summed E-state index contributed by atoms with van der Waals surface area (Å²) in [6, 6.07) is 7.82. The Balaban J connectivity index is 1.63. The molecule has 1 saturated heterocycles. The fourth-order valence-corrected chi connectivity index (χ4v) is 3.42. The van der Waals surface area contributed by atoms with Gasteiger partial charge in [0.15, 0.2) is 5.65 Å². The van der Waals surface area contributed by atoms with Crippen LogP contribution in [0.3, 0.4) is 0 Å². The van der Waals surface area contributed by atoms with E-state index in [2.05, 4.69) is 20.1 Å². The molecule has 4 heterocycles. The van der Waals surface area contributed by atoms with Crippen LogP contribution in [0.25, 0.3) is 5.65 Å². The quantitative estimate of drug-likeness (QED) is 0.690. The van der Waals surface area contributed by atoms with Crippen molar-refractivity contribution in [1.29, 1.82) is 5.26 Å². The Hall–Kier alpha value is -3.15. The molecule has 27 heavy (non-hydrogen) atoms. The SMILES string of the molecule is N#Cc1ccc(N2CCCC(c3nnc4ccc(C(F)(F)F)cn34)C2)cn1. The van der Waals surface area contributed by atoms with E-state index in [4.69, 9.17) is 5.26 Å². The first-order valence-electron chi connectivity index (χ1n) is 8.48. The van der Waals surface area contributed by atoms with E-state index < -0.39 is 11.7 Å². The molecule has 1 fully saturated rings. The van der Waals surface area contributed by atoms with Gasteiger partial charge in [-0.25, -0.2) is 4.98 Å². The summed E-state index contributed by atoms with van der Waals surface area (Å²) in [6.07, 6.45) is -0.0181. The number of anilines is 1. The molecule has 4 rings (SSSR count). The summed E-state index contributed by atoms with van der Waals surface area (Å²) in [5.41, 5.74) is 0.897. The molecule has 0 amide bonds. The lowest BCUT2D eigenvalue weighted by molar-refractivity contribution is -0.137. The molecule has 9 heteroatoms. The van der Waals surface area contributed by atoms with Crippen LogP contribution in [0.15, 0.2) is 36.7 Å². The lowest BCUT2D eigenvalue weighted by Gasteiger charge is -2.33. The molecular formula is C18H15F3N6. The van der Waals surface area contributed by atoms with Gasteiger partial charge in [-0.15, -0.1) is 10.2 Å². The second-order valence-electron chi connectivity index (χ2n) is 6.50. The Bertz CT molecular complexity index is 1000. The van der Waals surface area contributed by atoms with E-state index in [0.717, 1.165) is 37.3 Å². The molecule has 1 aliphatic heterocycles. The molecule has 6 nitrogen and oxygen atoms in total. The Morgan fingerprint density at radius 2 is 2.00 bits per heavy atom. The van der Waals surface area contributed by atoms with Crippen LogP contribution in [-0.2, 0) is 6.18 Å². The third-order valence-electron chi connectivity index (χ3n) is 4.77. The van der Waals surface area contributed by atoms with Crippen LogP contribution in [-0.4, -0.2) is 32.7 Å². The van der Waals surface area contributed by atoms with E-state index in [0.29, 0.717) is 23.7 Å². The van der Waals surface area contributed by atoms with Gasteiger partial charge in [-0.1, -0.05) is 0 Å². The number of hydrogen-bond acceptors (Lipinski definition) is 5. The minimum absolute atomic E-state index is 0.0483. The fourth-order valence-electron chi connectivity index (χ4n) is 3.42. The number of halogens is 3. The first kappa shape index (κ1) is 17.3. The van der Waals surface area contributed by atoms with Gasteiger partial charge in [-0.05, 0) is 37.1 Å². The van der Waals surface area contributed by atoms with E-state index in [1.807, 2.05) is 12.1 Å². The summed E-state index contributed by atoms with van der Waals surface area (Å²) < 4.78 is 40.6. The van der Waals surface area contributed by atoms with Crippen molar-refractivity contribution in [3.8, 4) is 6.07 Å². The van der Waals surface area contributed by atoms with Crippen LogP contribution in [0.1, 0.15) is 35.8 Å². The molecule has 1 aliphatic rings. The standard InChI is InChI=1S/C18H15F3N6/c19-18(20,21)13-3-6-16-24-25-17(27(16)11-13)12-2-1-7-26(10-12)15-5-4-14(8-22)23-9-15/h3-6,9,11-12H,1-2,7,10H2. The monoisotopic (exact) mass is 372 g/mol. The minimum atomic E-state index is -4.41. The maximum absolute atomic E-state index is 13.0. The van der Waals surface area contributed by atoms with Gasteiger partial charge in [-0.3, -0.25) is 4.40 Å². The summed E-state index contributed by atoms with van der Waals surface area (Å²) in [5.74, 6) is 0.482. The summed E-state index contributed by atoms with van der Waals surface area (Å²) >= 11 is 0. The smallest absolute Gasteiger partial charge is 0.370 e. The van der Waals surface area contributed by atoms with Crippen molar-refractivity contribution in [3.05, 3.63) is 53.7 Å². The summed E-state index contributed by atoms with van der Waals surface area (Å²) in [4.78, 5) is 6.20. The molecule has 0 spiro atoms. The number of aromatic nitrogens is 4. The van der Waals surface area contributed by atoms with Gasteiger partial charge in [0.2, 0.25) is 0 Å². The van der Waals surface area contributed by atoms with Gasteiger partial charge < -0.3 is 4.90 Å². The largest absolute Gasteiger partial charge is 0.417 e. The van der Waals surface area contributed by atoms with Gasteiger partial charge >= 0.3 is 6.18 Å². The number of nitrogens with zero attached hydrogens (tertiary/aromatic N) is 6. The van der Waals surface area contributed by atoms with Crippen LogP contribution in [0.4, 0.5) is 18.9 Å². The van der Waals surface area contributed by atoms with Crippen LogP contribution in [0, 0.1) is 11.3 Å². The predicted octanol–water partition coefficient (Wildman–Crippen LogP) is 3.40. The van der Waals surface area contributed by atoms with Crippen molar-refractivity contribution in [2.45, 2.75) is 24.9 Å². The molecule has 1 unspecified atom stereocenters. The second-order valence-corrected chi connectivity index (χ2v) is 6.50. The molecule has 3 aromatic rings. The number of pyridine rings is 2. The van der Waals surface area contributed by atoms with Crippen LogP contribution >= 0.6 is 0 Å². The number of rotatable bonds is 2. The highest BCUT2D eigenvalue weighted by molar-refractivity contribution is 5.47. The zero-order valence-corrected chi connectivity index (χ0v) is 14.2. The lowest BCUT2D eigenvalue weighted by atomic mass is 9.96. The molecule has 0 N–H and O–H groups in total. The number of fused-ring (bicyclic) bond motifs is 1. The fraction of sp³-hybridized carbons (Fsp3) is 0.333. The number of piperidine rings is 1. The zero-order chi connectivity index (χ0) is 19.0. The Morgan fingerprint density at radius 1 is 1.15 bits per heavy atom. The van der Waals surface area contributed by atoms with Gasteiger partial charge in [0.1, 0.15) is 17.6 Å². The summed E-state index contributed by atoms with van der Waals surface area (Å²) in [6.45, 7) is 1.42. The van der Waals surface area contributed by atoms with E-state index in [1.165, 1.54) is 10.5 Å². The average molecular weight is 372 g/mol. The van der Waals surface area contributed by atoms with Gasteiger partial charge in [0.25, 0.3) is 0 Å². The van der Waals surface area contributed by atoms with Crippen molar-refractivity contribution in [3.63, 3.8) is 0 Å². The number of alkyl halides is 3. The third kappa shape index (κ3) is 3.30. The van der Waals surface area contributed by atoms with Gasteiger partial charge in [0.05, 0.1) is 17.4 Å². The van der Waals surface area contributed by atoms with E-state index in [9.17, 15) is 13.2 Å². The second kappa shape index (κ2) is 6.54. The van der Waals surface area contributed by atoms with Crippen molar-refractivity contribution < 1.29 is 13.2 Å². The third-order valence-corrected chi connectivity index (χ3v) is 4.77. The van der Waals surface area contributed by atoms with E-state index in [1.54, 1.807) is 12.3 Å². The van der Waals surface area contributed by atoms with E-state index >= 15 is 0 Å². The van der Waals surface area contributed by atoms with Crippen LogP contribution in [0.5, 0.6) is 0 Å². The topological polar surface area (TPSA) is 70.1 Å². The maximum Gasteiger partial charge on any atom is 0.417 e. The Labute approximate surface area is 152 Å². The molecule has 3 aromatic heterocycles. The van der Waals surface area contributed by atoms with Crippen molar-refractivity contribution in [2.75, 3.05) is 18.0 Å². The molecule has 0 saturated carbocycles. The first-order valence-corrected chi connectivity index (χ1v) is 8.48. The van der Waals surface area contributed by atoms with Gasteiger partial charge in [-0.2, -0.15) is 18.4 Å². The van der Waals surface area contributed by atoms with Crippen molar-refractivity contribution in [1.82, 2.24) is 19.6 Å². The highest BCUT2D eigenvalue weighted by Gasteiger charge is 2.32. The van der Waals surface area contributed by atoms with Crippen LogP contribution < -0.4 is 4.90 Å². The van der Waals surface area contributed by atoms with Crippen molar-refractivity contribution in [2.24, 2.45) is 0 Å². The number of nitriles is 1. The Morgan fingerprint density at radius 3 is 2.70 bits per heavy atom. The summed E-state index contributed by atoms with van der Waals surface area (Å²) in [7, 11) is 0. The van der Waals surface area contributed by atoms with E-state index in [-0.39, 0.29) is 5.92 Å². The molecule has 138 valence electrons. The lowest BCUT2D eigenvalue weighted by Crippen LogP contribution is -2.35. The molecule has 0 aromatic carbocycles. The predicted molar refractivity (Wildman–Crippen MR) is 91.1 cm³/mol. The van der Waals surface area contributed by atoms with Crippen LogP contribution in [0.2, 0.25) is 0 Å². The molecule has 0 aliphatic carbocycles. The molecule has 0 bridgehead atoms. The average Bonchev–Trinajstić information content (AvgIpc) is 3.11. The molecule has 1 atom stereocenters. The highest BCUT2D eigenvalue weighted by atomic mass is 19.4. The summed E-state index contributed by atoms with van der Waals surface area (Å²) in [5, 5.41) is 17.0. The number of hydrogen-bond donors (Lipinski definition) is 0. The van der Waals surface area contributed by atoms with Gasteiger partial charge in [0, 0.05) is 25.2 Å². The Kier molecular flexibility index (Phi) is 4.18. The normalized spacial score (nSPS) is 17.9. The molecule has 0 radical (unpaired) electrons. The maximum atomic E-state index is 13.0. The zero-order valence-electron chi connectivity index (χ0n) is 14.2. The first-order chi connectivity index (χ1) is 13.0. The van der Waals surface area contributed by atoms with Crippen molar-refractivity contribution >= 4 is 11.3 Å².